The third kappa shape index (κ3) is 25.7. The molecule has 2 rings (SSSR count). The van der Waals surface area contributed by atoms with E-state index in [2.05, 4.69) is 62.5 Å². The van der Waals surface area contributed by atoms with Crippen molar-refractivity contribution in [2.24, 2.45) is 0 Å². The lowest BCUT2D eigenvalue weighted by molar-refractivity contribution is -0.332. The molecule has 0 bridgehead atoms. The molecular formula is C50H88O14. The topological polar surface area (TPSA) is 214 Å². The Hall–Kier alpha value is -2.05. The summed E-state index contributed by atoms with van der Waals surface area (Å²) in [4.78, 5) is 13.0. The van der Waals surface area contributed by atoms with Crippen molar-refractivity contribution >= 4 is 5.97 Å². The van der Waals surface area contributed by atoms with Gasteiger partial charge in [-0.3, -0.25) is 4.79 Å². The molecule has 14 nitrogen and oxygen atoms in total. The van der Waals surface area contributed by atoms with E-state index in [1.165, 1.54) is 51.4 Å². The number of unbranched alkanes of at least 4 members (excludes halogenated alkanes) is 16. The number of ether oxygens (including phenoxy) is 6. The summed E-state index contributed by atoms with van der Waals surface area (Å²) in [5.41, 5.74) is 0. The third-order valence-electron chi connectivity index (χ3n) is 11.6. The number of hydrogen-bond acceptors (Lipinski definition) is 14. The fraction of sp³-hybridized carbons (Fsp3) is 0.820. The molecule has 0 aromatic rings. The molecule has 2 fully saturated rings. The summed E-state index contributed by atoms with van der Waals surface area (Å²) >= 11 is 0. The van der Waals surface area contributed by atoms with Gasteiger partial charge in [-0.1, -0.05) is 133 Å². The number of hydrogen-bond donors (Lipinski definition) is 7. The number of rotatable bonds is 38. The van der Waals surface area contributed by atoms with E-state index in [0.717, 1.165) is 83.5 Å². The first kappa shape index (κ1) is 58.1. The van der Waals surface area contributed by atoms with Crippen molar-refractivity contribution in [2.45, 2.75) is 229 Å². The van der Waals surface area contributed by atoms with E-state index in [0.29, 0.717) is 13.0 Å². The molecule has 0 amide bonds. The number of carbonyl (C=O) groups excluding carboxylic acids is 1. The van der Waals surface area contributed by atoms with Crippen molar-refractivity contribution in [3.8, 4) is 0 Å². The number of allylic oxidation sites excluding steroid dienone is 8. The van der Waals surface area contributed by atoms with Gasteiger partial charge < -0.3 is 64.2 Å². The first-order chi connectivity index (χ1) is 31.1. The van der Waals surface area contributed by atoms with Gasteiger partial charge in [0.25, 0.3) is 0 Å². The number of aliphatic hydroxyl groups excluding tert-OH is 7. The monoisotopic (exact) mass is 913 g/mol. The van der Waals surface area contributed by atoms with E-state index in [1.807, 2.05) is 0 Å². The summed E-state index contributed by atoms with van der Waals surface area (Å²) in [5.74, 6) is -0.396. The highest BCUT2D eigenvalue weighted by Gasteiger charge is 2.47. The quantitative estimate of drug-likeness (QED) is 0.0193. The predicted molar refractivity (Wildman–Crippen MR) is 247 cm³/mol. The molecule has 2 heterocycles. The highest BCUT2D eigenvalue weighted by atomic mass is 16.7. The van der Waals surface area contributed by atoms with Gasteiger partial charge in [0.15, 0.2) is 12.6 Å². The van der Waals surface area contributed by atoms with Gasteiger partial charge in [0.2, 0.25) is 0 Å². The normalized spacial score (nSPS) is 27.1. The van der Waals surface area contributed by atoms with E-state index in [9.17, 15) is 40.5 Å². The van der Waals surface area contributed by atoms with Crippen molar-refractivity contribution < 1.29 is 69.0 Å². The Kier molecular flexibility index (Phi) is 34.5. The first-order valence-electron chi connectivity index (χ1n) is 24.7. The van der Waals surface area contributed by atoms with Crippen LogP contribution in [0, 0.1) is 0 Å². The molecule has 2 saturated heterocycles. The van der Waals surface area contributed by atoms with Crippen molar-refractivity contribution in [3.05, 3.63) is 48.6 Å². The highest BCUT2D eigenvalue weighted by molar-refractivity contribution is 5.69. The van der Waals surface area contributed by atoms with Crippen LogP contribution in [0.4, 0.5) is 0 Å². The van der Waals surface area contributed by atoms with Gasteiger partial charge in [-0.2, -0.15) is 0 Å². The van der Waals surface area contributed by atoms with Gasteiger partial charge in [0.1, 0.15) is 54.9 Å². The maximum absolute atomic E-state index is 13.0. The van der Waals surface area contributed by atoms with Crippen LogP contribution in [0.2, 0.25) is 0 Å². The molecule has 2 aliphatic heterocycles. The smallest absolute Gasteiger partial charge is 0.306 e. The lowest BCUT2D eigenvalue weighted by atomic mass is 9.98. The largest absolute Gasteiger partial charge is 0.457 e. The minimum absolute atomic E-state index is 0.0473. The Balaban J connectivity index is 1.80. The lowest BCUT2D eigenvalue weighted by Crippen LogP contribution is -2.61. The first-order valence-corrected chi connectivity index (χ1v) is 24.7. The Morgan fingerprint density at radius 1 is 0.516 bits per heavy atom. The molecule has 64 heavy (non-hydrogen) atoms. The van der Waals surface area contributed by atoms with E-state index < -0.39 is 86.7 Å². The standard InChI is InChI=1S/C50H88O14/c1-3-5-7-9-11-13-15-17-19-20-22-24-26-28-30-32-34-59-36-39(62-42(52)33-31-29-27-25-23-21-18-16-14-12-10-8-6-4-2)37-60-49-48(58)46(56)44(54)41(64-49)38-61-50-47(57)45(55)43(53)40(35-51)63-50/h10-13,16-19,39-41,43-51,53-58H,3-9,14-15,20-38H2,1-2H3/b12-10-,13-11-,18-16-,19-17-. The summed E-state index contributed by atoms with van der Waals surface area (Å²) in [6, 6.07) is 0. The van der Waals surface area contributed by atoms with Gasteiger partial charge in [0, 0.05) is 13.0 Å². The predicted octanol–water partition coefficient (Wildman–Crippen LogP) is 6.79. The van der Waals surface area contributed by atoms with Crippen molar-refractivity contribution in [1.82, 2.24) is 0 Å². The summed E-state index contributed by atoms with van der Waals surface area (Å²) in [5, 5.41) is 72.0. The second kappa shape index (κ2) is 38.0. The van der Waals surface area contributed by atoms with Crippen LogP contribution in [-0.2, 0) is 33.2 Å². The van der Waals surface area contributed by atoms with E-state index in [-0.39, 0.29) is 19.6 Å². The molecule has 372 valence electrons. The summed E-state index contributed by atoms with van der Waals surface area (Å²) < 4.78 is 34.2. The van der Waals surface area contributed by atoms with Crippen LogP contribution in [-0.4, -0.2) is 142 Å². The van der Waals surface area contributed by atoms with Gasteiger partial charge in [-0.25, -0.2) is 0 Å². The molecule has 14 heteroatoms. The SMILES string of the molecule is CCCC/C=C\C/C=C\CCCCCCCC(=O)OC(COCCCCCCCC/C=C\C/C=C\CCCCC)COC1OC(COC2OC(CO)C(O)C(O)C2O)C(O)C(O)C1O. The molecule has 2 aliphatic rings. The molecule has 7 N–H and O–H groups in total. The van der Waals surface area contributed by atoms with Crippen LogP contribution in [0.25, 0.3) is 0 Å². The zero-order chi connectivity index (χ0) is 46.6. The Morgan fingerprint density at radius 2 is 0.984 bits per heavy atom. The molecular weight excluding hydrogens is 825 g/mol. The van der Waals surface area contributed by atoms with Crippen LogP contribution in [0.5, 0.6) is 0 Å². The van der Waals surface area contributed by atoms with Gasteiger partial charge in [0.05, 0.1) is 26.4 Å². The number of esters is 1. The second-order valence-corrected chi connectivity index (χ2v) is 17.3. The maximum Gasteiger partial charge on any atom is 0.306 e. The maximum atomic E-state index is 13.0. The van der Waals surface area contributed by atoms with Crippen LogP contribution in [0.15, 0.2) is 48.6 Å². The molecule has 0 radical (unpaired) electrons. The molecule has 11 atom stereocenters. The van der Waals surface area contributed by atoms with Crippen LogP contribution >= 0.6 is 0 Å². The molecule has 0 aromatic carbocycles. The molecule has 0 saturated carbocycles. The Labute approximate surface area is 384 Å². The molecule has 0 spiro atoms. The zero-order valence-electron chi connectivity index (χ0n) is 39.3. The van der Waals surface area contributed by atoms with Crippen molar-refractivity contribution in [3.63, 3.8) is 0 Å². The van der Waals surface area contributed by atoms with Gasteiger partial charge in [-0.05, 0) is 70.6 Å². The number of aliphatic hydroxyl groups is 7. The van der Waals surface area contributed by atoms with Gasteiger partial charge in [-0.15, -0.1) is 0 Å². The highest BCUT2D eigenvalue weighted by Crippen LogP contribution is 2.26. The average Bonchev–Trinajstić information content (AvgIpc) is 3.29. The van der Waals surface area contributed by atoms with Crippen LogP contribution in [0.3, 0.4) is 0 Å². The summed E-state index contributed by atoms with van der Waals surface area (Å²) in [6.45, 7) is 3.56. The van der Waals surface area contributed by atoms with Gasteiger partial charge >= 0.3 is 5.97 Å². The van der Waals surface area contributed by atoms with Crippen LogP contribution in [0.1, 0.15) is 162 Å². The summed E-state index contributed by atoms with van der Waals surface area (Å²) in [7, 11) is 0. The fourth-order valence-corrected chi connectivity index (χ4v) is 7.45. The molecule has 0 aromatic heterocycles. The van der Waals surface area contributed by atoms with Crippen LogP contribution < -0.4 is 0 Å². The van der Waals surface area contributed by atoms with Crippen molar-refractivity contribution in [2.75, 3.05) is 33.0 Å². The fourth-order valence-electron chi connectivity index (χ4n) is 7.45. The van der Waals surface area contributed by atoms with Crippen molar-refractivity contribution in [1.29, 1.82) is 0 Å². The molecule has 11 unspecified atom stereocenters. The minimum atomic E-state index is -1.71. The Bertz CT molecular complexity index is 1240. The lowest BCUT2D eigenvalue weighted by Gasteiger charge is -2.42. The second-order valence-electron chi connectivity index (χ2n) is 17.3. The molecule has 0 aliphatic carbocycles. The zero-order valence-corrected chi connectivity index (χ0v) is 39.3. The minimum Gasteiger partial charge on any atom is -0.457 e. The summed E-state index contributed by atoms with van der Waals surface area (Å²) in [6.07, 6.45) is 26.0. The third-order valence-corrected chi connectivity index (χ3v) is 11.6. The average molecular weight is 913 g/mol. The Morgan fingerprint density at radius 3 is 1.55 bits per heavy atom. The number of carbonyl (C=O) groups is 1. The van der Waals surface area contributed by atoms with E-state index in [4.69, 9.17) is 28.4 Å². The van der Waals surface area contributed by atoms with E-state index >= 15 is 0 Å². The van der Waals surface area contributed by atoms with E-state index in [1.54, 1.807) is 0 Å².